The number of carbonyl (C=O) groups excluding carboxylic acids is 1. The molecule has 0 aromatic carbocycles. The average Bonchev–Trinajstić information content (AvgIpc) is 3.06. The maximum atomic E-state index is 12.1. The van der Waals surface area contributed by atoms with Crippen LogP contribution in [0.1, 0.15) is 36.4 Å². The van der Waals surface area contributed by atoms with Crippen molar-refractivity contribution in [1.82, 2.24) is 14.8 Å². The molecule has 0 saturated heterocycles. The molecular formula is C13H16N4OS. The van der Waals surface area contributed by atoms with Gasteiger partial charge >= 0.3 is 0 Å². The van der Waals surface area contributed by atoms with E-state index < -0.39 is 0 Å². The van der Waals surface area contributed by atoms with E-state index in [2.05, 4.69) is 15.4 Å². The number of anilines is 1. The smallest absolute Gasteiger partial charge is 0.250 e. The zero-order chi connectivity index (χ0) is 13.2. The number of nitrogens with one attached hydrogen (secondary N) is 1. The van der Waals surface area contributed by atoms with E-state index in [9.17, 15) is 4.79 Å². The number of hydrogen-bond acceptors (Lipinski definition) is 4. The fourth-order valence-electron chi connectivity index (χ4n) is 2.25. The van der Waals surface area contributed by atoms with Crippen LogP contribution >= 0.6 is 11.3 Å². The Morgan fingerprint density at radius 1 is 1.47 bits per heavy atom. The Hall–Kier alpha value is -1.69. The molecule has 1 aliphatic rings. The van der Waals surface area contributed by atoms with E-state index >= 15 is 0 Å². The minimum absolute atomic E-state index is 0.0743. The quantitative estimate of drug-likeness (QED) is 0.936. The van der Waals surface area contributed by atoms with Crippen molar-refractivity contribution in [2.24, 2.45) is 0 Å². The molecule has 0 unspecified atom stereocenters. The molecule has 1 atom stereocenters. The predicted molar refractivity (Wildman–Crippen MR) is 74.3 cm³/mol. The second kappa shape index (κ2) is 5.13. The zero-order valence-corrected chi connectivity index (χ0v) is 11.6. The number of nitrogens with zero attached hydrogens (tertiary/aromatic N) is 3. The third kappa shape index (κ3) is 2.53. The Kier molecular flexibility index (Phi) is 3.33. The van der Waals surface area contributed by atoms with Crippen molar-refractivity contribution in [2.75, 3.05) is 5.32 Å². The number of aromatic nitrogens is 3. The molecule has 2 heterocycles. The van der Waals surface area contributed by atoms with Gasteiger partial charge in [0, 0.05) is 17.3 Å². The Balaban J connectivity index is 1.71. The minimum atomic E-state index is -0.323. The van der Waals surface area contributed by atoms with E-state index in [4.69, 9.17) is 0 Å². The van der Waals surface area contributed by atoms with Crippen molar-refractivity contribution in [3.05, 3.63) is 29.0 Å². The Bertz CT molecular complexity index is 552. The van der Waals surface area contributed by atoms with E-state index in [0.29, 0.717) is 0 Å². The van der Waals surface area contributed by atoms with Gasteiger partial charge in [0.2, 0.25) is 0 Å². The van der Waals surface area contributed by atoms with Crippen LogP contribution in [0.4, 0.5) is 5.13 Å². The van der Waals surface area contributed by atoms with Gasteiger partial charge < -0.3 is 5.32 Å². The number of fused-ring (bicyclic) bond motifs is 1. The monoisotopic (exact) mass is 276 g/mol. The lowest BCUT2D eigenvalue weighted by Gasteiger charge is -2.10. The first-order valence-electron chi connectivity index (χ1n) is 6.52. The summed E-state index contributed by atoms with van der Waals surface area (Å²) in [4.78, 5) is 18.0. The summed E-state index contributed by atoms with van der Waals surface area (Å²) in [5.41, 5.74) is 1.17. The van der Waals surface area contributed by atoms with E-state index in [1.165, 1.54) is 23.4 Å². The first-order valence-corrected chi connectivity index (χ1v) is 7.34. The van der Waals surface area contributed by atoms with Gasteiger partial charge in [0.1, 0.15) is 6.04 Å². The summed E-state index contributed by atoms with van der Waals surface area (Å²) < 4.78 is 1.64. The molecule has 0 fully saturated rings. The summed E-state index contributed by atoms with van der Waals surface area (Å²) in [6.45, 7) is 1.83. The van der Waals surface area contributed by atoms with Gasteiger partial charge in [0.05, 0.1) is 5.69 Å². The molecule has 5 nitrogen and oxygen atoms in total. The normalized spacial score (nSPS) is 15.8. The molecule has 3 rings (SSSR count). The number of rotatable bonds is 3. The van der Waals surface area contributed by atoms with Crippen LogP contribution in [-0.4, -0.2) is 20.7 Å². The molecule has 1 aliphatic carbocycles. The van der Waals surface area contributed by atoms with Crippen LogP contribution in [0.3, 0.4) is 0 Å². The molecule has 19 heavy (non-hydrogen) atoms. The number of thiazole rings is 1. The topological polar surface area (TPSA) is 59.8 Å². The van der Waals surface area contributed by atoms with Crippen molar-refractivity contribution in [2.45, 2.75) is 38.6 Å². The van der Waals surface area contributed by atoms with Gasteiger partial charge in [-0.15, -0.1) is 11.3 Å². The highest BCUT2D eigenvalue weighted by molar-refractivity contribution is 7.15. The highest BCUT2D eigenvalue weighted by atomic mass is 32.1. The molecule has 2 aromatic rings. The van der Waals surface area contributed by atoms with Crippen LogP contribution in [-0.2, 0) is 17.6 Å². The summed E-state index contributed by atoms with van der Waals surface area (Å²) in [5, 5.41) is 7.70. The summed E-state index contributed by atoms with van der Waals surface area (Å²) >= 11 is 1.61. The number of aryl methyl sites for hydroxylation is 2. The molecule has 1 amide bonds. The summed E-state index contributed by atoms with van der Waals surface area (Å²) in [6.07, 6.45) is 8.02. The Morgan fingerprint density at radius 3 is 3.05 bits per heavy atom. The highest BCUT2D eigenvalue weighted by Crippen LogP contribution is 2.29. The van der Waals surface area contributed by atoms with Crippen LogP contribution in [0, 0.1) is 0 Å². The van der Waals surface area contributed by atoms with Gasteiger partial charge in [-0.05, 0) is 38.7 Å². The van der Waals surface area contributed by atoms with Gasteiger partial charge in [-0.2, -0.15) is 5.10 Å². The van der Waals surface area contributed by atoms with E-state index in [0.717, 1.165) is 18.0 Å². The van der Waals surface area contributed by atoms with Crippen molar-refractivity contribution >= 4 is 22.4 Å². The van der Waals surface area contributed by atoms with Gasteiger partial charge in [-0.25, -0.2) is 4.98 Å². The molecule has 100 valence electrons. The first-order chi connectivity index (χ1) is 9.24. The fraction of sp³-hybridized carbons (Fsp3) is 0.462. The van der Waals surface area contributed by atoms with E-state index in [1.54, 1.807) is 28.4 Å². The number of hydrogen-bond donors (Lipinski definition) is 1. The SMILES string of the molecule is C[C@H](C(=O)Nc1nc2c(s1)CCCC2)n1cccn1. The maximum Gasteiger partial charge on any atom is 0.250 e. The number of carbonyl (C=O) groups is 1. The van der Waals surface area contributed by atoms with Crippen molar-refractivity contribution < 1.29 is 4.79 Å². The first kappa shape index (κ1) is 12.3. The molecular weight excluding hydrogens is 260 g/mol. The molecule has 0 spiro atoms. The minimum Gasteiger partial charge on any atom is -0.300 e. The summed E-state index contributed by atoms with van der Waals surface area (Å²) in [5.74, 6) is -0.0743. The van der Waals surface area contributed by atoms with Gasteiger partial charge in [0.25, 0.3) is 5.91 Å². The van der Waals surface area contributed by atoms with Gasteiger partial charge in [-0.3, -0.25) is 9.48 Å². The maximum absolute atomic E-state index is 12.1. The van der Waals surface area contributed by atoms with Crippen LogP contribution in [0.15, 0.2) is 18.5 Å². The van der Waals surface area contributed by atoms with Gasteiger partial charge in [0.15, 0.2) is 5.13 Å². The van der Waals surface area contributed by atoms with Gasteiger partial charge in [-0.1, -0.05) is 0 Å². The lowest BCUT2D eigenvalue weighted by atomic mass is 10.0. The van der Waals surface area contributed by atoms with Crippen LogP contribution < -0.4 is 5.32 Å². The largest absolute Gasteiger partial charge is 0.300 e. The Labute approximate surface area is 115 Å². The lowest BCUT2D eigenvalue weighted by molar-refractivity contribution is -0.119. The molecule has 6 heteroatoms. The highest BCUT2D eigenvalue weighted by Gasteiger charge is 2.19. The van der Waals surface area contributed by atoms with Crippen LogP contribution in [0.5, 0.6) is 0 Å². The summed E-state index contributed by atoms with van der Waals surface area (Å²) in [7, 11) is 0. The van der Waals surface area contributed by atoms with E-state index in [1.807, 2.05) is 13.0 Å². The number of amides is 1. The molecule has 0 radical (unpaired) electrons. The molecule has 1 N–H and O–H groups in total. The second-order valence-corrected chi connectivity index (χ2v) is 5.83. The fourth-order valence-corrected chi connectivity index (χ4v) is 3.30. The zero-order valence-electron chi connectivity index (χ0n) is 10.8. The third-order valence-electron chi connectivity index (χ3n) is 3.38. The third-order valence-corrected chi connectivity index (χ3v) is 4.45. The standard InChI is InChI=1S/C13H16N4OS/c1-9(17-8-4-7-14-17)12(18)16-13-15-10-5-2-3-6-11(10)19-13/h4,7-9H,2-3,5-6H2,1H3,(H,15,16,18)/t9-/m1/s1. The average molecular weight is 276 g/mol. The van der Waals surface area contributed by atoms with Crippen molar-refractivity contribution in [3.8, 4) is 0 Å². The van der Waals surface area contributed by atoms with Crippen molar-refractivity contribution in [3.63, 3.8) is 0 Å². The van der Waals surface area contributed by atoms with Crippen LogP contribution in [0.2, 0.25) is 0 Å². The molecule has 2 aromatic heterocycles. The second-order valence-electron chi connectivity index (χ2n) is 4.75. The predicted octanol–water partition coefficient (Wildman–Crippen LogP) is 2.42. The Morgan fingerprint density at radius 2 is 2.32 bits per heavy atom. The summed E-state index contributed by atoms with van der Waals surface area (Å²) in [6, 6.07) is 1.49. The van der Waals surface area contributed by atoms with E-state index in [-0.39, 0.29) is 11.9 Å². The van der Waals surface area contributed by atoms with Crippen LogP contribution in [0.25, 0.3) is 0 Å². The lowest BCUT2D eigenvalue weighted by Crippen LogP contribution is -2.23. The molecule has 0 bridgehead atoms. The molecule has 0 saturated carbocycles. The van der Waals surface area contributed by atoms with Crippen molar-refractivity contribution in [1.29, 1.82) is 0 Å². The molecule has 0 aliphatic heterocycles.